The first-order chi connectivity index (χ1) is 14.1. The number of ether oxygens (including phenoxy) is 2. The van der Waals surface area contributed by atoms with E-state index in [-0.39, 0.29) is 18.7 Å². The highest BCUT2D eigenvalue weighted by Gasteiger charge is 2.18. The number of nitrogens with zero attached hydrogens (tertiary/aromatic N) is 2. The average Bonchev–Trinajstić information content (AvgIpc) is 3.39. The number of fused-ring (bicyclic) bond motifs is 1. The predicted molar refractivity (Wildman–Crippen MR) is 111 cm³/mol. The van der Waals surface area contributed by atoms with Gasteiger partial charge < -0.3 is 14.8 Å². The van der Waals surface area contributed by atoms with Crippen LogP contribution in [0.4, 0.5) is 0 Å². The van der Waals surface area contributed by atoms with Crippen LogP contribution >= 0.6 is 0 Å². The van der Waals surface area contributed by atoms with Gasteiger partial charge in [0.15, 0.2) is 11.5 Å². The first-order valence-electron chi connectivity index (χ1n) is 9.97. The fourth-order valence-electron chi connectivity index (χ4n) is 3.29. The van der Waals surface area contributed by atoms with E-state index in [1.807, 2.05) is 66.3 Å². The molecule has 2 heterocycles. The number of para-hydroxylation sites is 1. The van der Waals surface area contributed by atoms with E-state index in [2.05, 4.69) is 12.2 Å². The van der Waals surface area contributed by atoms with Crippen molar-refractivity contribution in [2.75, 3.05) is 6.79 Å². The van der Waals surface area contributed by atoms with Crippen molar-refractivity contribution in [2.45, 2.75) is 39.2 Å². The number of nitrogens with one attached hydrogen (secondary N) is 1. The summed E-state index contributed by atoms with van der Waals surface area (Å²) in [5.41, 5.74) is 3.79. The van der Waals surface area contributed by atoms with Crippen molar-refractivity contribution in [1.29, 1.82) is 0 Å². The van der Waals surface area contributed by atoms with Crippen molar-refractivity contribution in [3.8, 4) is 28.4 Å². The zero-order chi connectivity index (χ0) is 20.2. The standard InChI is InChI=1S/C23H25N3O3/c1-3-16(2)24-22(27)12-10-18-14-26(19-7-5-4-6-8-19)25-23(18)17-9-11-20-21(13-17)29-15-28-20/h4-9,11,13-14,16H,3,10,12,15H2,1-2H3,(H,24,27)/t16-/m0/s1. The summed E-state index contributed by atoms with van der Waals surface area (Å²) in [4.78, 5) is 12.3. The molecule has 0 radical (unpaired) electrons. The van der Waals surface area contributed by atoms with Crippen molar-refractivity contribution in [2.24, 2.45) is 0 Å². The lowest BCUT2D eigenvalue weighted by molar-refractivity contribution is -0.121. The van der Waals surface area contributed by atoms with Crippen LogP contribution in [0.5, 0.6) is 11.5 Å². The summed E-state index contributed by atoms with van der Waals surface area (Å²) in [6.07, 6.45) is 3.95. The van der Waals surface area contributed by atoms with E-state index >= 15 is 0 Å². The van der Waals surface area contributed by atoms with E-state index < -0.39 is 0 Å². The Kier molecular flexibility index (Phi) is 5.51. The van der Waals surface area contributed by atoms with Gasteiger partial charge in [-0.05, 0) is 55.7 Å². The Morgan fingerprint density at radius 1 is 1.17 bits per heavy atom. The van der Waals surface area contributed by atoms with Crippen LogP contribution in [0.25, 0.3) is 16.9 Å². The van der Waals surface area contributed by atoms with E-state index in [1.54, 1.807) is 0 Å². The normalized spacial score (nSPS) is 13.3. The number of carbonyl (C=O) groups is 1. The molecule has 1 aromatic heterocycles. The highest BCUT2D eigenvalue weighted by molar-refractivity contribution is 5.77. The van der Waals surface area contributed by atoms with Crippen LogP contribution < -0.4 is 14.8 Å². The minimum Gasteiger partial charge on any atom is -0.454 e. The van der Waals surface area contributed by atoms with E-state index in [1.165, 1.54) is 0 Å². The van der Waals surface area contributed by atoms with Gasteiger partial charge in [-0.1, -0.05) is 25.1 Å². The van der Waals surface area contributed by atoms with Gasteiger partial charge in [-0.2, -0.15) is 5.10 Å². The van der Waals surface area contributed by atoms with Gasteiger partial charge in [0, 0.05) is 24.2 Å². The number of benzene rings is 2. The number of aryl methyl sites for hydroxylation is 1. The number of carbonyl (C=O) groups excluding carboxylic acids is 1. The summed E-state index contributed by atoms with van der Waals surface area (Å²) >= 11 is 0. The largest absolute Gasteiger partial charge is 0.454 e. The molecule has 2 aromatic carbocycles. The molecule has 0 saturated carbocycles. The van der Waals surface area contributed by atoms with Crippen molar-refractivity contribution in [3.63, 3.8) is 0 Å². The lowest BCUT2D eigenvalue weighted by Gasteiger charge is -2.11. The number of amides is 1. The quantitative estimate of drug-likeness (QED) is 0.658. The minimum absolute atomic E-state index is 0.0587. The molecular formula is C23H25N3O3. The monoisotopic (exact) mass is 391 g/mol. The van der Waals surface area contributed by atoms with Crippen molar-refractivity contribution < 1.29 is 14.3 Å². The predicted octanol–water partition coefficient (Wildman–Crippen LogP) is 4.12. The number of rotatable bonds is 7. The molecule has 0 spiro atoms. The molecule has 0 fully saturated rings. The summed E-state index contributed by atoms with van der Waals surface area (Å²) in [6, 6.07) is 16.0. The maximum atomic E-state index is 12.3. The van der Waals surface area contributed by atoms with Gasteiger partial charge in [0.1, 0.15) is 0 Å². The molecule has 0 aliphatic carbocycles. The topological polar surface area (TPSA) is 65.4 Å². The van der Waals surface area contributed by atoms with Gasteiger partial charge in [-0.3, -0.25) is 4.79 Å². The molecule has 0 saturated heterocycles. The Hall–Kier alpha value is -3.28. The Labute approximate surface area is 170 Å². The molecule has 1 atom stereocenters. The molecule has 29 heavy (non-hydrogen) atoms. The summed E-state index contributed by atoms with van der Waals surface area (Å²) in [5.74, 6) is 1.52. The molecule has 6 heteroatoms. The third kappa shape index (κ3) is 4.26. The Morgan fingerprint density at radius 3 is 2.76 bits per heavy atom. The van der Waals surface area contributed by atoms with Crippen LogP contribution in [-0.2, 0) is 11.2 Å². The lowest BCUT2D eigenvalue weighted by Crippen LogP contribution is -2.32. The molecule has 3 aromatic rings. The second-order valence-corrected chi connectivity index (χ2v) is 7.23. The fourth-order valence-corrected chi connectivity index (χ4v) is 3.29. The second-order valence-electron chi connectivity index (χ2n) is 7.23. The van der Waals surface area contributed by atoms with Gasteiger partial charge >= 0.3 is 0 Å². The Bertz CT molecular complexity index is 998. The first-order valence-corrected chi connectivity index (χ1v) is 9.97. The highest BCUT2D eigenvalue weighted by Crippen LogP contribution is 2.36. The Morgan fingerprint density at radius 2 is 1.97 bits per heavy atom. The van der Waals surface area contributed by atoms with Crippen LogP contribution in [0.2, 0.25) is 0 Å². The molecule has 0 unspecified atom stereocenters. The minimum atomic E-state index is 0.0587. The van der Waals surface area contributed by atoms with Crippen molar-refractivity contribution >= 4 is 5.91 Å². The zero-order valence-electron chi connectivity index (χ0n) is 16.7. The third-order valence-electron chi connectivity index (χ3n) is 5.10. The van der Waals surface area contributed by atoms with Crippen LogP contribution in [-0.4, -0.2) is 28.5 Å². The molecule has 0 bridgehead atoms. The summed E-state index contributed by atoms with van der Waals surface area (Å²) in [6.45, 7) is 4.32. The van der Waals surface area contributed by atoms with Gasteiger partial charge in [0.05, 0.1) is 11.4 Å². The molecule has 1 N–H and O–H groups in total. The summed E-state index contributed by atoms with van der Waals surface area (Å²) in [5, 5.41) is 7.85. The molecule has 1 amide bonds. The van der Waals surface area contributed by atoms with Gasteiger partial charge in [0.25, 0.3) is 0 Å². The highest BCUT2D eigenvalue weighted by atomic mass is 16.7. The maximum absolute atomic E-state index is 12.3. The second kappa shape index (κ2) is 8.39. The van der Waals surface area contributed by atoms with Crippen molar-refractivity contribution in [1.82, 2.24) is 15.1 Å². The van der Waals surface area contributed by atoms with Crippen LogP contribution in [0.15, 0.2) is 54.7 Å². The summed E-state index contributed by atoms with van der Waals surface area (Å²) in [7, 11) is 0. The fraction of sp³-hybridized carbons (Fsp3) is 0.304. The van der Waals surface area contributed by atoms with Gasteiger partial charge in [-0.25, -0.2) is 4.68 Å². The number of aromatic nitrogens is 2. The number of hydrogen-bond acceptors (Lipinski definition) is 4. The first kappa shape index (κ1) is 19.1. The molecule has 6 nitrogen and oxygen atoms in total. The molecule has 150 valence electrons. The van der Waals surface area contributed by atoms with E-state index in [9.17, 15) is 4.79 Å². The van der Waals surface area contributed by atoms with E-state index in [0.29, 0.717) is 12.8 Å². The van der Waals surface area contributed by atoms with Crippen LogP contribution in [0, 0.1) is 0 Å². The SMILES string of the molecule is CC[C@H](C)NC(=O)CCc1cn(-c2ccccc2)nc1-c1ccc2c(c1)OCO2. The Balaban J connectivity index is 1.63. The lowest BCUT2D eigenvalue weighted by atomic mass is 10.0. The van der Waals surface area contributed by atoms with Crippen LogP contribution in [0.1, 0.15) is 32.3 Å². The van der Waals surface area contributed by atoms with Gasteiger partial charge in [0.2, 0.25) is 12.7 Å². The van der Waals surface area contributed by atoms with E-state index in [0.717, 1.165) is 40.4 Å². The third-order valence-corrected chi connectivity index (χ3v) is 5.10. The molecular weight excluding hydrogens is 366 g/mol. The average molecular weight is 391 g/mol. The van der Waals surface area contributed by atoms with Crippen LogP contribution in [0.3, 0.4) is 0 Å². The molecule has 1 aliphatic rings. The van der Waals surface area contributed by atoms with Crippen molar-refractivity contribution in [3.05, 3.63) is 60.3 Å². The molecule has 4 rings (SSSR count). The summed E-state index contributed by atoms with van der Waals surface area (Å²) < 4.78 is 12.8. The number of hydrogen-bond donors (Lipinski definition) is 1. The maximum Gasteiger partial charge on any atom is 0.231 e. The van der Waals surface area contributed by atoms with Gasteiger partial charge in [-0.15, -0.1) is 0 Å². The van der Waals surface area contributed by atoms with E-state index in [4.69, 9.17) is 14.6 Å². The zero-order valence-corrected chi connectivity index (χ0v) is 16.7. The molecule has 1 aliphatic heterocycles. The smallest absolute Gasteiger partial charge is 0.231 e.